The molecule has 0 aliphatic rings. The molecule has 0 aliphatic heterocycles. The second-order valence-corrected chi connectivity index (χ2v) is 3.84. The molecule has 13 heavy (non-hydrogen) atoms. The van der Waals surface area contributed by atoms with Gasteiger partial charge in [-0.3, -0.25) is 0 Å². The van der Waals surface area contributed by atoms with Crippen LogP contribution in [0.15, 0.2) is 0 Å². The Labute approximate surface area is 83.7 Å². The van der Waals surface area contributed by atoms with Gasteiger partial charge >= 0.3 is 0 Å². The van der Waals surface area contributed by atoms with E-state index in [1.165, 1.54) is 38.8 Å². The standard InChI is InChI=1S/C11H26N2/c1-5-9-13(4)10-7-8-11(6-2)12-3/h11-12H,5-10H2,1-4H3. The summed E-state index contributed by atoms with van der Waals surface area (Å²) in [5.41, 5.74) is 0. The minimum atomic E-state index is 0.718. The maximum absolute atomic E-state index is 3.34. The van der Waals surface area contributed by atoms with Gasteiger partial charge in [0.2, 0.25) is 0 Å². The van der Waals surface area contributed by atoms with Gasteiger partial charge in [0.1, 0.15) is 0 Å². The van der Waals surface area contributed by atoms with Crippen LogP contribution < -0.4 is 5.32 Å². The summed E-state index contributed by atoms with van der Waals surface area (Å²) in [7, 11) is 4.27. The predicted octanol–water partition coefficient (Wildman–Crippen LogP) is 2.11. The van der Waals surface area contributed by atoms with Crippen LogP contribution in [0.5, 0.6) is 0 Å². The molecule has 0 saturated heterocycles. The fourth-order valence-corrected chi connectivity index (χ4v) is 1.65. The lowest BCUT2D eigenvalue weighted by Crippen LogP contribution is -2.26. The highest BCUT2D eigenvalue weighted by Crippen LogP contribution is 2.02. The summed E-state index contributed by atoms with van der Waals surface area (Å²) >= 11 is 0. The molecule has 2 nitrogen and oxygen atoms in total. The highest BCUT2D eigenvalue weighted by atomic mass is 15.1. The van der Waals surface area contributed by atoms with Crippen LogP contribution in [0.25, 0.3) is 0 Å². The Kier molecular flexibility index (Phi) is 8.46. The van der Waals surface area contributed by atoms with Gasteiger partial charge < -0.3 is 10.2 Å². The number of hydrogen-bond donors (Lipinski definition) is 1. The molecule has 0 saturated carbocycles. The molecule has 0 aromatic heterocycles. The van der Waals surface area contributed by atoms with E-state index in [1.807, 2.05) is 0 Å². The van der Waals surface area contributed by atoms with Crippen LogP contribution in [0.3, 0.4) is 0 Å². The first-order valence-corrected chi connectivity index (χ1v) is 5.60. The Bertz CT molecular complexity index is 100. The van der Waals surface area contributed by atoms with Crippen LogP contribution in [0.2, 0.25) is 0 Å². The van der Waals surface area contributed by atoms with E-state index in [-0.39, 0.29) is 0 Å². The third-order valence-electron chi connectivity index (χ3n) is 2.60. The fraction of sp³-hybridized carbons (Fsp3) is 1.00. The average molecular weight is 186 g/mol. The Morgan fingerprint density at radius 3 is 2.38 bits per heavy atom. The largest absolute Gasteiger partial charge is 0.317 e. The Morgan fingerprint density at radius 2 is 1.92 bits per heavy atom. The molecule has 0 aromatic rings. The zero-order chi connectivity index (χ0) is 10.1. The number of nitrogens with one attached hydrogen (secondary N) is 1. The first-order valence-electron chi connectivity index (χ1n) is 5.60. The summed E-state index contributed by atoms with van der Waals surface area (Å²) in [6.07, 6.45) is 5.13. The summed E-state index contributed by atoms with van der Waals surface area (Å²) in [6.45, 7) is 6.96. The summed E-state index contributed by atoms with van der Waals surface area (Å²) < 4.78 is 0. The SMILES string of the molecule is CCCN(C)CCCC(CC)NC. The molecule has 0 heterocycles. The van der Waals surface area contributed by atoms with E-state index < -0.39 is 0 Å². The first kappa shape index (κ1) is 12.9. The van der Waals surface area contributed by atoms with Gasteiger partial charge in [-0.1, -0.05) is 13.8 Å². The summed E-state index contributed by atoms with van der Waals surface area (Å²) in [6, 6.07) is 0.718. The maximum atomic E-state index is 3.34. The van der Waals surface area contributed by atoms with Gasteiger partial charge in [0.05, 0.1) is 0 Å². The van der Waals surface area contributed by atoms with E-state index in [2.05, 4.69) is 38.2 Å². The molecule has 0 aliphatic carbocycles. The number of rotatable bonds is 8. The van der Waals surface area contributed by atoms with Crippen LogP contribution >= 0.6 is 0 Å². The average Bonchev–Trinajstić information content (AvgIpc) is 2.13. The van der Waals surface area contributed by atoms with Crippen molar-refractivity contribution in [3.63, 3.8) is 0 Å². The Balaban J connectivity index is 3.32. The van der Waals surface area contributed by atoms with Crippen molar-refractivity contribution < 1.29 is 0 Å². The Hall–Kier alpha value is -0.0800. The minimum absolute atomic E-state index is 0.718. The zero-order valence-electron chi connectivity index (χ0n) is 9.77. The lowest BCUT2D eigenvalue weighted by molar-refractivity contribution is 0.316. The molecule has 1 atom stereocenters. The van der Waals surface area contributed by atoms with Crippen molar-refractivity contribution in [2.75, 3.05) is 27.2 Å². The highest BCUT2D eigenvalue weighted by molar-refractivity contribution is 4.63. The molecular formula is C11H26N2. The van der Waals surface area contributed by atoms with Crippen molar-refractivity contribution in [2.45, 2.75) is 45.6 Å². The van der Waals surface area contributed by atoms with Gasteiger partial charge in [-0.15, -0.1) is 0 Å². The molecule has 0 fully saturated rings. The molecule has 0 bridgehead atoms. The quantitative estimate of drug-likeness (QED) is 0.624. The molecule has 0 radical (unpaired) electrons. The fourth-order valence-electron chi connectivity index (χ4n) is 1.65. The van der Waals surface area contributed by atoms with Gasteiger partial charge in [-0.2, -0.15) is 0 Å². The van der Waals surface area contributed by atoms with Crippen molar-refractivity contribution in [3.8, 4) is 0 Å². The van der Waals surface area contributed by atoms with E-state index in [1.54, 1.807) is 0 Å². The third kappa shape index (κ3) is 7.03. The monoisotopic (exact) mass is 186 g/mol. The second kappa shape index (κ2) is 8.52. The van der Waals surface area contributed by atoms with Crippen LogP contribution in [-0.2, 0) is 0 Å². The van der Waals surface area contributed by atoms with Crippen molar-refractivity contribution in [1.29, 1.82) is 0 Å². The molecule has 0 aromatic carbocycles. The van der Waals surface area contributed by atoms with E-state index in [0.29, 0.717) is 0 Å². The normalized spacial score (nSPS) is 13.6. The smallest absolute Gasteiger partial charge is 0.00619 e. The molecule has 0 rings (SSSR count). The second-order valence-electron chi connectivity index (χ2n) is 3.84. The van der Waals surface area contributed by atoms with Crippen LogP contribution in [0.1, 0.15) is 39.5 Å². The van der Waals surface area contributed by atoms with Crippen LogP contribution in [0.4, 0.5) is 0 Å². The molecule has 1 N–H and O–H groups in total. The summed E-state index contributed by atoms with van der Waals surface area (Å²) in [4.78, 5) is 2.42. The highest BCUT2D eigenvalue weighted by Gasteiger charge is 2.03. The molecule has 0 spiro atoms. The lowest BCUT2D eigenvalue weighted by atomic mass is 10.1. The Morgan fingerprint density at radius 1 is 1.23 bits per heavy atom. The first-order chi connectivity index (χ1) is 6.24. The number of hydrogen-bond acceptors (Lipinski definition) is 2. The van der Waals surface area contributed by atoms with Gasteiger partial charge in [0.25, 0.3) is 0 Å². The number of nitrogens with zero attached hydrogens (tertiary/aromatic N) is 1. The molecule has 80 valence electrons. The van der Waals surface area contributed by atoms with Gasteiger partial charge in [-0.05, 0) is 52.9 Å². The van der Waals surface area contributed by atoms with Gasteiger partial charge in [0.15, 0.2) is 0 Å². The topological polar surface area (TPSA) is 15.3 Å². The van der Waals surface area contributed by atoms with E-state index >= 15 is 0 Å². The van der Waals surface area contributed by atoms with Crippen molar-refractivity contribution in [3.05, 3.63) is 0 Å². The minimum Gasteiger partial charge on any atom is -0.317 e. The molecular weight excluding hydrogens is 160 g/mol. The molecule has 1 unspecified atom stereocenters. The molecule has 2 heteroatoms. The maximum Gasteiger partial charge on any atom is 0.00619 e. The van der Waals surface area contributed by atoms with Gasteiger partial charge in [0, 0.05) is 6.04 Å². The van der Waals surface area contributed by atoms with Crippen LogP contribution in [0, 0.1) is 0 Å². The van der Waals surface area contributed by atoms with Crippen molar-refractivity contribution in [2.24, 2.45) is 0 Å². The van der Waals surface area contributed by atoms with Crippen molar-refractivity contribution in [1.82, 2.24) is 10.2 Å². The van der Waals surface area contributed by atoms with E-state index in [0.717, 1.165) is 6.04 Å². The van der Waals surface area contributed by atoms with E-state index in [4.69, 9.17) is 0 Å². The summed E-state index contributed by atoms with van der Waals surface area (Å²) in [5.74, 6) is 0. The van der Waals surface area contributed by atoms with Crippen LogP contribution in [-0.4, -0.2) is 38.1 Å². The van der Waals surface area contributed by atoms with Crippen molar-refractivity contribution >= 4 is 0 Å². The van der Waals surface area contributed by atoms with Gasteiger partial charge in [-0.25, -0.2) is 0 Å². The summed E-state index contributed by atoms with van der Waals surface area (Å²) in [5, 5.41) is 3.34. The third-order valence-corrected chi connectivity index (χ3v) is 2.60. The van der Waals surface area contributed by atoms with E-state index in [9.17, 15) is 0 Å². The zero-order valence-corrected chi connectivity index (χ0v) is 9.77. The lowest BCUT2D eigenvalue weighted by Gasteiger charge is -2.18. The predicted molar refractivity (Wildman–Crippen MR) is 60.2 cm³/mol. The molecule has 0 amide bonds.